The van der Waals surface area contributed by atoms with Crippen LogP contribution < -0.4 is 9.57 Å². The van der Waals surface area contributed by atoms with Crippen molar-refractivity contribution in [3.63, 3.8) is 0 Å². The number of benzene rings is 2. The van der Waals surface area contributed by atoms with Crippen LogP contribution in [-0.4, -0.2) is 31.8 Å². The number of ether oxygens (including phenoxy) is 1. The summed E-state index contributed by atoms with van der Waals surface area (Å²) in [6.07, 6.45) is 0.976. The standard InChI is InChI=1S/C14H13N3O6S/c1-23-11-5-7-12(8-6-11)24(21,22)16-15-9-10-3-2-4-13(14(10)18)17(19)20/h2-9,16,18H,1H3/b15-9+. The molecule has 0 fully saturated rings. The van der Waals surface area contributed by atoms with Crippen LogP contribution in [0.5, 0.6) is 11.5 Å². The number of hydrogen-bond donors (Lipinski definition) is 2. The molecule has 2 aromatic carbocycles. The first-order valence-corrected chi connectivity index (χ1v) is 7.99. The second-order valence-corrected chi connectivity index (χ2v) is 6.16. The van der Waals surface area contributed by atoms with Crippen molar-refractivity contribution in [1.82, 2.24) is 4.83 Å². The lowest BCUT2D eigenvalue weighted by molar-refractivity contribution is -0.385. The predicted octanol–water partition coefficient (Wildman–Crippen LogP) is 1.62. The molecule has 10 heteroatoms. The minimum Gasteiger partial charge on any atom is -0.502 e. The van der Waals surface area contributed by atoms with Crippen LogP contribution in [0.4, 0.5) is 5.69 Å². The third-order valence-corrected chi connectivity index (χ3v) is 4.23. The highest BCUT2D eigenvalue weighted by Crippen LogP contribution is 2.27. The van der Waals surface area contributed by atoms with Crippen molar-refractivity contribution >= 4 is 21.9 Å². The molecule has 0 unspecified atom stereocenters. The smallest absolute Gasteiger partial charge is 0.311 e. The molecule has 0 radical (unpaired) electrons. The summed E-state index contributed by atoms with van der Waals surface area (Å²) in [6, 6.07) is 9.44. The van der Waals surface area contributed by atoms with Gasteiger partial charge in [-0.05, 0) is 30.3 Å². The van der Waals surface area contributed by atoms with Gasteiger partial charge in [-0.2, -0.15) is 13.5 Å². The highest BCUT2D eigenvalue weighted by Gasteiger charge is 2.16. The molecular weight excluding hydrogens is 338 g/mol. The molecular formula is C14H13N3O6S. The predicted molar refractivity (Wildman–Crippen MR) is 85.7 cm³/mol. The SMILES string of the molecule is COc1ccc(S(=O)(=O)N/N=C/c2cccc([N+](=O)[O-])c2O)cc1. The van der Waals surface area contributed by atoms with Crippen molar-refractivity contribution in [2.45, 2.75) is 4.90 Å². The number of nitrogens with one attached hydrogen (secondary N) is 1. The molecule has 0 aromatic heterocycles. The van der Waals surface area contributed by atoms with E-state index >= 15 is 0 Å². The second kappa shape index (κ2) is 6.96. The first kappa shape index (κ1) is 17.2. The van der Waals surface area contributed by atoms with Gasteiger partial charge in [-0.1, -0.05) is 6.07 Å². The Morgan fingerprint density at radius 3 is 2.50 bits per heavy atom. The monoisotopic (exact) mass is 351 g/mol. The minimum absolute atomic E-state index is 0.00151. The Balaban J connectivity index is 2.18. The molecule has 0 aliphatic carbocycles. The molecule has 2 N–H and O–H groups in total. The maximum atomic E-state index is 12.0. The lowest BCUT2D eigenvalue weighted by Crippen LogP contribution is -2.18. The molecule has 0 aliphatic rings. The van der Waals surface area contributed by atoms with Crippen LogP contribution in [0.15, 0.2) is 52.5 Å². The summed E-state index contributed by atoms with van der Waals surface area (Å²) in [5.74, 6) is -0.103. The van der Waals surface area contributed by atoms with Crippen molar-refractivity contribution in [2.24, 2.45) is 5.10 Å². The van der Waals surface area contributed by atoms with Crippen molar-refractivity contribution in [2.75, 3.05) is 7.11 Å². The molecule has 0 amide bonds. The van der Waals surface area contributed by atoms with E-state index in [1.165, 1.54) is 43.5 Å². The van der Waals surface area contributed by atoms with E-state index in [9.17, 15) is 23.6 Å². The van der Waals surface area contributed by atoms with Gasteiger partial charge in [-0.25, -0.2) is 4.83 Å². The number of hydrogen-bond acceptors (Lipinski definition) is 7. The summed E-state index contributed by atoms with van der Waals surface area (Å²) in [4.78, 5) is 11.9. The second-order valence-electron chi connectivity index (χ2n) is 4.50. The van der Waals surface area contributed by atoms with Gasteiger partial charge in [0, 0.05) is 11.6 Å². The normalized spacial score (nSPS) is 11.4. The van der Waals surface area contributed by atoms with Gasteiger partial charge in [0.05, 0.1) is 23.1 Å². The van der Waals surface area contributed by atoms with E-state index in [1.54, 1.807) is 0 Å². The van der Waals surface area contributed by atoms with Crippen LogP contribution in [0.2, 0.25) is 0 Å². The molecule has 0 saturated heterocycles. The number of aromatic hydroxyl groups is 1. The van der Waals surface area contributed by atoms with E-state index in [0.29, 0.717) is 5.75 Å². The van der Waals surface area contributed by atoms with Crippen LogP contribution in [0, 0.1) is 10.1 Å². The first-order chi connectivity index (χ1) is 11.3. The molecule has 0 aliphatic heterocycles. The molecule has 2 rings (SSSR count). The van der Waals surface area contributed by atoms with E-state index in [-0.39, 0.29) is 10.5 Å². The third kappa shape index (κ3) is 3.79. The summed E-state index contributed by atoms with van der Waals surface area (Å²) in [7, 11) is -2.46. The summed E-state index contributed by atoms with van der Waals surface area (Å²) >= 11 is 0. The highest BCUT2D eigenvalue weighted by atomic mass is 32.2. The minimum atomic E-state index is -3.91. The number of nitro groups is 1. The average Bonchev–Trinajstić information content (AvgIpc) is 2.56. The molecule has 0 spiro atoms. The van der Waals surface area contributed by atoms with Gasteiger partial charge in [0.2, 0.25) is 5.75 Å². The Morgan fingerprint density at radius 2 is 1.92 bits per heavy atom. The third-order valence-electron chi connectivity index (χ3n) is 2.99. The maximum Gasteiger partial charge on any atom is 0.311 e. The van der Waals surface area contributed by atoms with Crippen molar-refractivity contribution < 1.29 is 23.2 Å². The number of nitrogens with zero attached hydrogens (tertiary/aromatic N) is 2. The lowest BCUT2D eigenvalue weighted by Gasteiger charge is -2.05. The summed E-state index contributed by atoms with van der Waals surface area (Å²) in [5.41, 5.74) is -0.501. The Kier molecular flexibility index (Phi) is 4.99. The van der Waals surface area contributed by atoms with Gasteiger partial charge < -0.3 is 9.84 Å². The van der Waals surface area contributed by atoms with E-state index in [2.05, 4.69) is 5.10 Å². The Labute approximate surface area is 137 Å². The van der Waals surface area contributed by atoms with Crippen molar-refractivity contribution in [3.8, 4) is 11.5 Å². The van der Waals surface area contributed by atoms with Crippen LogP contribution in [-0.2, 0) is 10.0 Å². The Bertz CT molecular complexity index is 878. The summed E-state index contributed by atoms with van der Waals surface area (Å²) in [5, 5.41) is 24.0. The van der Waals surface area contributed by atoms with Crippen LogP contribution >= 0.6 is 0 Å². The van der Waals surface area contributed by atoms with Gasteiger partial charge in [0.25, 0.3) is 10.0 Å². The van der Waals surface area contributed by atoms with Crippen LogP contribution in [0.3, 0.4) is 0 Å². The topological polar surface area (TPSA) is 131 Å². The van der Waals surface area contributed by atoms with E-state index in [1.807, 2.05) is 4.83 Å². The zero-order valence-electron chi connectivity index (χ0n) is 12.4. The first-order valence-electron chi connectivity index (χ1n) is 6.50. The fourth-order valence-electron chi connectivity index (χ4n) is 1.77. The number of phenols is 1. The molecule has 0 atom stereocenters. The highest BCUT2D eigenvalue weighted by molar-refractivity contribution is 7.89. The average molecular weight is 351 g/mol. The lowest BCUT2D eigenvalue weighted by atomic mass is 10.2. The van der Waals surface area contributed by atoms with Gasteiger partial charge in [0.15, 0.2) is 0 Å². The van der Waals surface area contributed by atoms with E-state index < -0.39 is 26.4 Å². The van der Waals surface area contributed by atoms with Crippen molar-refractivity contribution in [1.29, 1.82) is 0 Å². The van der Waals surface area contributed by atoms with E-state index in [0.717, 1.165) is 12.3 Å². The summed E-state index contributed by atoms with van der Waals surface area (Å²) in [6.45, 7) is 0. The molecule has 24 heavy (non-hydrogen) atoms. The Hall–Kier alpha value is -3.14. The van der Waals surface area contributed by atoms with Crippen LogP contribution in [0.25, 0.3) is 0 Å². The van der Waals surface area contributed by atoms with Gasteiger partial charge in [0.1, 0.15) is 5.75 Å². The Morgan fingerprint density at radius 1 is 1.25 bits per heavy atom. The number of methoxy groups -OCH3 is 1. The fraction of sp³-hybridized carbons (Fsp3) is 0.0714. The van der Waals surface area contributed by atoms with Crippen molar-refractivity contribution in [3.05, 3.63) is 58.1 Å². The van der Waals surface area contributed by atoms with Gasteiger partial charge in [-0.15, -0.1) is 0 Å². The largest absolute Gasteiger partial charge is 0.502 e. The zero-order chi connectivity index (χ0) is 17.7. The van der Waals surface area contributed by atoms with Gasteiger partial charge in [-0.3, -0.25) is 10.1 Å². The number of nitro benzene ring substituents is 1. The summed E-state index contributed by atoms with van der Waals surface area (Å²) < 4.78 is 29.0. The molecule has 0 bridgehead atoms. The van der Waals surface area contributed by atoms with Gasteiger partial charge >= 0.3 is 5.69 Å². The molecule has 9 nitrogen and oxygen atoms in total. The number of para-hydroxylation sites is 1. The number of phenolic OH excluding ortho intramolecular Hbond substituents is 1. The molecule has 2 aromatic rings. The zero-order valence-corrected chi connectivity index (χ0v) is 13.2. The number of sulfonamides is 1. The van der Waals surface area contributed by atoms with E-state index in [4.69, 9.17) is 4.74 Å². The molecule has 126 valence electrons. The maximum absolute atomic E-state index is 12.0. The fourth-order valence-corrected chi connectivity index (χ4v) is 2.56. The number of hydrazone groups is 1. The molecule has 0 heterocycles. The number of rotatable bonds is 6. The van der Waals surface area contributed by atoms with Crippen LogP contribution in [0.1, 0.15) is 5.56 Å². The quantitative estimate of drug-likeness (QED) is 0.462. The molecule has 0 saturated carbocycles.